The van der Waals surface area contributed by atoms with Crippen LogP contribution in [0.1, 0.15) is 13.3 Å². The van der Waals surface area contributed by atoms with Crippen LogP contribution in [-0.2, 0) is 4.79 Å². The fraction of sp³-hybridized carbons (Fsp3) is 0.227. The van der Waals surface area contributed by atoms with Crippen LogP contribution in [-0.4, -0.2) is 25.2 Å². The van der Waals surface area contributed by atoms with Gasteiger partial charge in [-0.25, -0.2) is 0 Å². The molecule has 0 aliphatic carbocycles. The minimum atomic E-state index is -0.566. The molecule has 5 heteroatoms. The van der Waals surface area contributed by atoms with Crippen LogP contribution < -0.4 is 14.8 Å². The monoisotopic (exact) mass is 383 g/mol. The molecule has 3 aromatic carbocycles. The second kappa shape index (κ2) is 9.28. The maximum Gasteiger partial charge on any atom is 0.261 e. The van der Waals surface area contributed by atoms with Gasteiger partial charge in [-0.05, 0) is 47.5 Å². The molecule has 1 unspecified atom stereocenters. The van der Waals surface area contributed by atoms with Crippen molar-refractivity contribution in [1.29, 1.82) is 0 Å². The van der Waals surface area contributed by atoms with Gasteiger partial charge in [0.1, 0.15) is 18.1 Å². The first kappa shape index (κ1) is 19.1. The highest BCUT2D eigenvalue weighted by Crippen LogP contribution is 2.21. The fourth-order valence-electron chi connectivity index (χ4n) is 2.74. The van der Waals surface area contributed by atoms with Crippen LogP contribution in [0.2, 0.25) is 5.02 Å². The lowest BCUT2D eigenvalue weighted by molar-refractivity contribution is -0.128. The van der Waals surface area contributed by atoms with E-state index in [2.05, 4.69) is 11.4 Å². The van der Waals surface area contributed by atoms with Gasteiger partial charge in [0.2, 0.25) is 0 Å². The maximum atomic E-state index is 12.3. The molecule has 1 atom stereocenters. The van der Waals surface area contributed by atoms with Gasteiger partial charge >= 0.3 is 0 Å². The van der Waals surface area contributed by atoms with Crippen LogP contribution in [0.3, 0.4) is 0 Å². The van der Waals surface area contributed by atoms with Crippen molar-refractivity contribution in [3.8, 4) is 11.5 Å². The molecule has 3 aromatic rings. The number of amides is 1. The molecule has 0 saturated heterocycles. The largest absolute Gasteiger partial charge is 0.492 e. The third-order valence-electron chi connectivity index (χ3n) is 4.13. The summed E-state index contributed by atoms with van der Waals surface area (Å²) >= 11 is 5.95. The lowest BCUT2D eigenvalue weighted by Crippen LogP contribution is -2.39. The van der Waals surface area contributed by atoms with E-state index in [4.69, 9.17) is 21.1 Å². The van der Waals surface area contributed by atoms with Gasteiger partial charge in [-0.2, -0.15) is 0 Å². The van der Waals surface area contributed by atoms with Crippen molar-refractivity contribution >= 4 is 28.3 Å². The summed E-state index contributed by atoms with van der Waals surface area (Å²) < 4.78 is 11.5. The Balaban J connectivity index is 1.47. The molecule has 0 bridgehead atoms. The van der Waals surface area contributed by atoms with Gasteiger partial charge in [-0.1, -0.05) is 54.9 Å². The van der Waals surface area contributed by atoms with E-state index in [9.17, 15) is 4.79 Å². The Kier molecular flexibility index (Phi) is 6.55. The van der Waals surface area contributed by atoms with Gasteiger partial charge in [0.15, 0.2) is 6.10 Å². The summed E-state index contributed by atoms with van der Waals surface area (Å²) in [7, 11) is 0. The predicted molar refractivity (Wildman–Crippen MR) is 109 cm³/mol. The van der Waals surface area contributed by atoms with Crippen molar-refractivity contribution in [2.24, 2.45) is 0 Å². The number of nitrogens with one attached hydrogen (secondary N) is 1. The molecule has 0 radical (unpaired) electrons. The number of hydrogen-bond acceptors (Lipinski definition) is 3. The molecule has 4 nitrogen and oxygen atoms in total. The van der Waals surface area contributed by atoms with Crippen LogP contribution in [0.4, 0.5) is 0 Å². The molecule has 1 amide bonds. The average molecular weight is 384 g/mol. The van der Waals surface area contributed by atoms with Crippen molar-refractivity contribution in [2.45, 2.75) is 19.4 Å². The molecule has 0 spiro atoms. The summed E-state index contributed by atoms with van der Waals surface area (Å²) in [5, 5.41) is 5.72. The number of hydrogen-bond donors (Lipinski definition) is 1. The van der Waals surface area contributed by atoms with E-state index in [1.807, 2.05) is 43.3 Å². The SMILES string of the molecule is CCC(Oc1cccc(Cl)c1)C(=O)NCCOc1ccc2ccccc2c1. The van der Waals surface area contributed by atoms with Gasteiger partial charge in [-0.15, -0.1) is 0 Å². The van der Waals surface area contributed by atoms with E-state index in [1.165, 1.54) is 5.39 Å². The zero-order valence-corrected chi connectivity index (χ0v) is 15.9. The quantitative estimate of drug-likeness (QED) is 0.566. The highest BCUT2D eigenvalue weighted by Gasteiger charge is 2.18. The van der Waals surface area contributed by atoms with Crippen LogP contribution >= 0.6 is 11.6 Å². The lowest BCUT2D eigenvalue weighted by Gasteiger charge is -2.17. The number of fused-ring (bicyclic) bond motifs is 1. The van der Waals surface area contributed by atoms with Gasteiger partial charge < -0.3 is 14.8 Å². The number of benzene rings is 3. The third kappa shape index (κ3) is 5.38. The van der Waals surface area contributed by atoms with Crippen LogP contribution in [0.25, 0.3) is 10.8 Å². The van der Waals surface area contributed by atoms with Gasteiger partial charge in [0, 0.05) is 5.02 Å². The smallest absolute Gasteiger partial charge is 0.261 e. The van der Waals surface area contributed by atoms with Crippen molar-refractivity contribution in [2.75, 3.05) is 13.2 Å². The maximum absolute atomic E-state index is 12.3. The molecule has 140 valence electrons. The van der Waals surface area contributed by atoms with Gasteiger partial charge in [0.05, 0.1) is 6.54 Å². The summed E-state index contributed by atoms with van der Waals surface area (Å²) in [6.07, 6.45) is -0.00621. The summed E-state index contributed by atoms with van der Waals surface area (Å²) in [4.78, 5) is 12.3. The van der Waals surface area contributed by atoms with Crippen LogP contribution in [0.15, 0.2) is 66.7 Å². The summed E-state index contributed by atoms with van der Waals surface area (Å²) in [5.74, 6) is 1.20. The van der Waals surface area contributed by atoms with Crippen molar-refractivity contribution in [3.05, 3.63) is 71.8 Å². The molecule has 0 saturated carbocycles. The standard InChI is InChI=1S/C22H22ClNO3/c1-2-21(27-20-9-5-8-18(23)15-20)22(25)24-12-13-26-19-11-10-16-6-3-4-7-17(16)14-19/h3-11,14-15,21H,2,12-13H2,1H3,(H,24,25). The van der Waals surface area contributed by atoms with Crippen molar-refractivity contribution in [1.82, 2.24) is 5.32 Å². The molecule has 1 N–H and O–H groups in total. The minimum Gasteiger partial charge on any atom is -0.492 e. The average Bonchev–Trinajstić information content (AvgIpc) is 2.69. The fourth-order valence-corrected chi connectivity index (χ4v) is 2.92. The number of carbonyl (C=O) groups excluding carboxylic acids is 1. The molecular formula is C22H22ClNO3. The van der Waals surface area contributed by atoms with Crippen molar-refractivity contribution < 1.29 is 14.3 Å². The Morgan fingerprint density at radius 3 is 2.59 bits per heavy atom. The Morgan fingerprint density at radius 1 is 1.00 bits per heavy atom. The van der Waals surface area contributed by atoms with Crippen molar-refractivity contribution in [3.63, 3.8) is 0 Å². The molecule has 3 rings (SSSR count). The topological polar surface area (TPSA) is 47.6 Å². The Bertz CT molecular complexity index is 913. The third-order valence-corrected chi connectivity index (χ3v) is 4.36. The molecule has 27 heavy (non-hydrogen) atoms. The zero-order valence-electron chi connectivity index (χ0n) is 15.2. The molecule has 0 aliphatic heterocycles. The molecular weight excluding hydrogens is 362 g/mol. The van der Waals surface area contributed by atoms with E-state index < -0.39 is 6.10 Å². The number of carbonyl (C=O) groups is 1. The molecule has 0 aromatic heterocycles. The predicted octanol–water partition coefficient (Wildman–Crippen LogP) is 4.85. The van der Waals surface area contributed by atoms with Gasteiger partial charge in [0.25, 0.3) is 5.91 Å². The summed E-state index contributed by atoms with van der Waals surface area (Å²) in [5.41, 5.74) is 0. The Hall–Kier alpha value is -2.72. The molecule has 0 fully saturated rings. The van der Waals surface area contributed by atoms with Crippen LogP contribution in [0.5, 0.6) is 11.5 Å². The van der Waals surface area contributed by atoms with E-state index in [0.717, 1.165) is 11.1 Å². The lowest BCUT2D eigenvalue weighted by atomic mass is 10.1. The van der Waals surface area contributed by atoms with E-state index in [0.29, 0.717) is 30.3 Å². The summed E-state index contributed by atoms with van der Waals surface area (Å²) in [6, 6.07) is 21.1. The van der Waals surface area contributed by atoms with E-state index in [-0.39, 0.29) is 5.91 Å². The van der Waals surface area contributed by atoms with Crippen LogP contribution in [0, 0.1) is 0 Å². The normalized spacial score (nSPS) is 11.8. The van der Waals surface area contributed by atoms with E-state index in [1.54, 1.807) is 24.3 Å². The molecule has 0 aliphatic rings. The van der Waals surface area contributed by atoms with E-state index >= 15 is 0 Å². The Morgan fingerprint density at radius 2 is 1.81 bits per heavy atom. The summed E-state index contributed by atoms with van der Waals surface area (Å²) in [6.45, 7) is 2.69. The second-order valence-electron chi connectivity index (χ2n) is 6.12. The highest BCUT2D eigenvalue weighted by atomic mass is 35.5. The number of halogens is 1. The van der Waals surface area contributed by atoms with Gasteiger partial charge in [-0.3, -0.25) is 4.79 Å². The first-order valence-electron chi connectivity index (χ1n) is 8.97. The number of rotatable bonds is 8. The Labute approximate surface area is 164 Å². The zero-order chi connectivity index (χ0) is 19.1. The highest BCUT2D eigenvalue weighted by molar-refractivity contribution is 6.30. The number of ether oxygens (including phenoxy) is 2. The minimum absolute atomic E-state index is 0.167. The first-order valence-corrected chi connectivity index (χ1v) is 9.35. The molecule has 0 heterocycles. The second-order valence-corrected chi connectivity index (χ2v) is 6.56. The first-order chi connectivity index (χ1) is 13.2.